The number of aliphatic imine (C=N–C) groups is 1. The molecule has 0 aromatic rings. The lowest BCUT2D eigenvalue weighted by atomic mass is 10.1. The quantitative estimate of drug-likeness (QED) is 0.794. The lowest BCUT2D eigenvalue weighted by Gasteiger charge is -2.37. The van der Waals surface area contributed by atoms with Crippen molar-refractivity contribution >= 4 is 27.7 Å². The van der Waals surface area contributed by atoms with Gasteiger partial charge in [0.15, 0.2) is 0 Å². The molecule has 0 saturated carbocycles. The van der Waals surface area contributed by atoms with Crippen LogP contribution in [0.15, 0.2) is 15.7 Å². The highest BCUT2D eigenvalue weighted by Gasteiger charge is 2.33. The van der Waals surface area contributed by atoms with Crippen LogP contribution in [0.2, 0.25) is 0 Å². The smallest absolute Gasteiger partial charge is 0.410 e. The van der Waals surface area contributed by atoms with E-state index in [-0.39, 0.29) is 12.1 Å². The van der Waals surface area contributed by atoms with Crippen LogP contribution in [-0.4, -0.2) is 41.4 Å². The van der Waals surface area contributed by atoms with Gasteiger partial charge in [-0.1, -0.05) is 0 Å². The van der Waals surface area contributed by atoms with E-state index in [4.69, 9.17) is 10.5 Å². The Morgan fingerprint density at radius 1 is 1.50 bits per heavy atom. The molecule has 1 amide bonds. The minimum atomic E-state index is -0.452. The highest BCUT2D eigenvalue weighted by molar-refractivity contribution is 9.12. The van der Waals surface area contributed by atoms with Gasteiger partial charge in [-0.2, -0.15) is 0 Å². The largest absolute Gasteiger partial charge is 0.444 e. The van der Waals surface area contributed by atoms with Gasteiger partial charge in [0.2, 0.25) is 0 Å². The van der Waals surface area contributed by atoms with Crippen molar-refractivity contribution in [2.24, 2.45) is 10.7 Å². The minimum absolute atomic E-state index is 0.130. The monoisotopic (exact) mass is 317 g/mol. The Labute approximate surface area is 116 Å². The van der Waals surface area contributed by atoms with Gasteiger partial charge in [0.05, 0.1) is 10.5 Å². The molecule has 0 spiro atoms. The second-order valence-electron chi connectivity index (χ2n) is 5.27. The van der Waals surface area contributed by atoms with Gasteiger partial charge in [0.25, 0.3) is 0 Å². The standard InChI is InChI=1S/C12H20BrN3O2/c1-8(10(13)5-14)15-9-6-16(7-9)11(17)18-12(2,3)4/h5,9H,6-7,14H2,1-4H3/b10-5+,15-8?. The number of nitrogens with two attached hydrogens (primary N) is 1. The summed E-state index contributed by atoms with van der Waals surface area (Å²) < 4.78 is 6.04. The van der Waals surface area contributed by atoms with Crippen LogP contribution in [0.1, 0.15) is 27.7 Å². The van der Waals surface area contributed by atoms with E-state index in [1.54, 1.807) is 4.90 Å². The van der Waals surface area contributed by atoms with Gasteiger partial charge >= 0.3 is 6.09 Å². The third-order valence-electron chi connectivity index (χ3n) is 2.38. The summed E-state index contributed by atoms with van der Waals surface area (Å²) in [5.74, 6) is 0. The molecule has 0 aliphatic carbocycles. The first kappa shape index (κ1) is 15.0. The van der Waals surface area contributed by atoms with E-state index in [1.165, 1.54) is 6.20 Å². The lowest BCUT2D eigenvalue weighted by Crippen LogP contribution is -2.54. The predicted octanol–water partition coefficient (Wildman–Crippen LogP) is 2.26. The molecule has 0 aromatic heterocycles. The van der Waals surface area contributed by atoms with Crippen molar-refractivity contribution in [3.8, 4) is 0 Å². The summed E-state index contributed by atoms with van der Waals surface area (Å²) in [4.78, 5) is 17.8. The molecular formula is C12H20BrN3O2. The Kier molecular flexibility index (Phi) is 4.78. The summed E-state index contributed by atoms with van der Waals surface area (Å²) in [5, 5.41) is 0. The second kappa shape index (κ2) is 5.73. The maximum Gasteiger partial charge on any atom is 0.410 e. The van der Waals surface area contributed by atoms with E-state index in [9.17, 15) is 4.79 Å². The Morgan fingerprint density at radius 2 is 2.06 bits per heavy atom. The molecule has 1 aliphatic rings. The summed E-state index contributed by atoms with van der Waals surface area (Å²) in [7, 11) is 0. The highest BCUT2D eigenvalue weighted by atomic mass is 79.9. The first-order valence-electron chi connectivity index (χ1n) is 5.83. The number of nitrogens with zero attached hydrogens (tertiary/aromatic N) is 2. The number of hydrogen-bond donors (Lipinski definition) is 1. The molecule has 1 saturated heterocycles. The van der Waals surface area contributed by atoms with E-state index in [0.29, 0.717) is 13.1 Å². The Hall–Kier alpha value is -1.04. The van der Waals surface area contributed by atoms with Gasteiger partial charge in [-0.3, -0.25) is 4.99 Å². The van der Waals surface area contributed by atoms with E-state index in [1.807, 2.05) is 27.7 Å². The van der Waals surface area contributed by atoms with Gasteiger partial charge in [-0.05, 0) is 43.6 Å². The Bertz CT molecular complexity index is 379. The number of amides is 1. The molecule has 0 unspecified atom stereocenters. The zero-order chi connectivity index (χ0) is 13.9. The van der Waals surface area contributed by atoms with Crippen LogP contribution in [0.3, 0.4) is 0 Å². The van der Waals surface area contributed by atoms with Crippen LogP contribution < -0.4 is 5.73 Å². The molecule has 2 N–H and O–H groups in total. The number of carbonyl (C=O) groups is 1. The van der Waals surface area contributed by atoms with Crippen LogP contribution >= 0.6 is 15.9 Å². The highest BCUT2D eigenvalue weighted by Crippen LogP contribution is 2.18. The molecule has 0 atom stereocenters. The van der Waals surface area contributed by atoms with Crippen molar-refractivity contribution in [2.45, 2.75) is 39.3 Å². The number of halogens is 1. The molecule has 0 bridgehead atoms. The SMILES string of the molecule is CC(=NC1CN(C(=O)OC(C)(C)C)C1)/C(Br)=C\N. The van der Waals surface area contributed by atoms with Crippen molar-refractivity contribution in [1.82, 2.24) is 4.90 Å². The molecule has 1 aliphatic heterocycles. The van der Waals surface area contributed by atoms with Gasteiger partial charge in [-0.25, -0.2) is 4.79 Å². The van der Waals surface area contributed by atoms with Crippen LogP contribution in [0.4, 0.5) is 4.79 Å². The van der Waals surface area contributed by atoms with Crippen LogP contribution in [0.5, 0.6) is 0 Å². The Balaban J connectivity index is 2.43. The molecule has 1 heterocycles. The van der Waals surface area contributed by atoms with Crippen LogP contribution in [-0.2, 0) is 4.74 Å². The predicted molar refractivity (Wildman–Crippen MR) is 75.9 cm³/mol. The third-order valence-corrected chi connectivity index (χ3v) is 3.22. The van der Waals surface area contributed by atoms with E-state index >= 15 is 0 Å². The normalized spacial score (nSPS) is 18.6. The number of hydrogen-bond acceptors (Lipinski definition) is 4. The van der Waals surface area contributed by atoms with Crippen molar-refractivity contribution in [2.75, 3.05) is 13.1 Å². The minimum Gasteiger partial charge on any atom is -0.444 e. The average Bonchev–Trinajstić information content (AvgIpc) is 2.18. The summed E-state index contributed by atoms with van der Waals surface area (Å²) in [6.07, 6.45) is 1.18. The fourth-order valence-electron chi connectivity index (χ4n) is 1.47. The first-order valence-corrected chi connectivity index (χ1v) is 6.62. The maximum absolute atomic E-state index is 11.7. The number of rotatable bonds is 2. The van der Waals surface area contributed by atoms with Crippen molar-refractivity contribution in [1.29, 1.82) is 0 Å². The fourth-order valence-corrected chi connectivity index (χ4v) is 1.57. The zero-order valence-electron chi connectivity index (χ0n) is 11.2. The van der Waals surface area contributed by atoms with Crippen molar-refractivity contribution in [3.63, 3.8) is 0 Å². The van der Waals surface area contributed by atoms with Crippen LogP contribution in [0, 0.1) is 0 Å². The number of allylic oxidation sites excluding steroid dienone is 1. The molecule has 0 radical (unpaired) electrons. The molecule has 102 valence electrons. The van der Waals surface area contributed by atoms with E-state index in [2.05, 4.69) is 20.9 Å². The first-order chi connectivity index (χ1) is 8.23. The molecule has 1 rings (SSSR count). The molecular weight excluding hydrogens is 298 g/mol. The number of carbonyl (C=O) groups excluding carboxylic acids is 1. The summed E-state index contributed by atoms with van der Waals surface area (Å²) >= 11 is 3.31. The fraction of sp³-hybridized carbons (Fsp3) is 0.667. The van der Waals surface area contributed by atoms with Gasteiger partial charge in [0, 0.05) is 25.0 Å². The molecule has 1 fully saturated rings. The van der Waals surface area contributed by atoms with E-state index < -0.39 is 5.60 Å². The molecule has 18 heavy (non-hydrogen) atoms. The van der Waals surface area contributed by atoms with Crippen molar-refractivity contribution in [3.05, 3.63) is 10.7 Å². The zero-order valence-corrected chi connectivity index (χ0v) is 12.8. The van der Waals surface area contributed by atoms with Gasteiger partial charge in [-0.15, -0.1) is 0 Å². The molecule has 6 heteroatoms. The van der Waals surface area contributed by atoms with Gasteiger partial charge in [0.1, 0.15) is 5.60 Å². The Morgan fingerprint density at radius 3 is 2.50 bits per heavy atom. The summed E-state index contributed by atoms with van der Waals surface area (Å²) in [6.45, 7) is 8.63. The van der Waals surface area contributed by atoms with E-state index in [0.717, 1.165) is 10.2 Å². The van der Waals surface area contributed by atoms with Crippen LogP contribution in [0.25, 0.3) is 0 Å². The molecule has 0 aromatic carbocycles. The maximum atomic E-state index is 11.7. The van der Waals surface area contributed by atoms with Gasteiger partial charge < -0.3 is 15.4 Å². The topological polar surface area (TPSA) is 67.9 Å². The average molecular weight is 318 g/mol. The van der Waals surface area contributed by atoms with Crippen molar-refractivity contribution < 1.29 is 9.53 Å². The number of ether oxygens (including phenoxy) is 1. The second-order valence-corrected chi connectivity index (χ2v) is 6.12. The molecule has 5 nitrogen and oxygen atoms in total. The third kappa shape index (κ3) is 4.33. The number of likely N-dealkylation sites (tertiary alicyclic amines) is 1. The summed E-state index contributed by atoms with van der Waals surface area (Å²) in [6, 6.07) is 0.130. The summed E-state index contributed by atoms with van der Waals surface area (Å²) in [5.41, 5.74) is 5.77. The lowest BCUT2D eigenvalue weighted by molar-refractivity contribution is 0.00906.